The fourth-order valence-electron chi connectivity index (χ4n) is 6.03. The third kappa shape index (κ3) is 4.97. The number of nitrogens with one attached hydrogen (secondary N) is 1. The highest BCUT2D eigenvalue weighted by atomic mass is 16.3. The first-order valence-electron chi connectivity index (χ1n) is 14.2. The molecule has 1 fully saturated rings. The standard InChI is InChI=1S/C31H34N6O3/c1-2-3-9-28-26(30(40)36(31-32-19-33-37(28)31)22-11-13-23(38)14-12-22)17-20-10-15-24(21-7-5-4-6-8-21)25(16-20)27-18-29(39)35-34-27/h4-8,10,15-16,19,22-23,38H,2-3,9,11-14,17-18H2,1H3,(H,35,39). The number of benzene rings is 2. The van der Waals surface area contributed by atoms with Crippen LogP contribution in [0.4, 0.5) is 0 Å². The van der Waals surface area contributed by atoms with E-state index in [1.54, 1.807) is 0 Å². The van der Waals surface area contributed by atoms with Crippen LogP contribution >= 0.6 is 0 Å². The number of unbranched alkanes of at least 4 members (excludes halogenated alkanes) is 1. The van der Waals surface area contributed by atoms with Crippen LogP contribution in [-0.4, -0.2) is 42.0 Å². The Kier molecular flexibility index (Phi) is 7.30. The number of hydrazone groups is 1. The molecule has 0 spiro atoms. The molecule has 9 heteroatoms. The smallest absolute Gasteiger partial charge is 0.259 e. The summed E-state index contributed by atoms with van der Waals surface area (Å²) in [5, 5.41) is 19.0. The van der Waals surface area contributed by atoms with Gasteiger partial charge in [0.1, 0.15) is 6.33 Å². The third-order valence-corrected chi connectivity index (χ3v) is 8.13. The molecule has 0 saturated heterocycles. The molecule has 3 heterocycles. The minimum atomic E-state index is -0.314. The molecular formula is C31H34N6O3. The van der Waals surface area contributed by atoms with Crippen molar-refractivity contribution in [3.63, 3.8) is 0 Å². The van der Waals surface area contributed by atoms with Crippen LogP contribution < -0.4 is 11.0 Å². The molecule has 1 aliphatic carbocycles. The van der Waals surface area contributed by atoms with Crippen LogP contribution in [0.3, 0.4) is 0 Å². The first-order valence-corrected chi connectivity index (χ1v) is 14.2. The van der Waals surface area contributed by atoms with Crippen LogP contribution in [0.1, 0.15) is 80.3 Å². The average molecular weight is 539 g/mol. The summed E-state index contributed by atoms with van der Waals surface area (Å²) < 4.78 is 3.66. The van der Waals surface area contributed by atoms with Crippen LogP contribution in [0.15, 0.2) is 64.8 Å². The van der Waals surface area contributed by atoms with E-state index in [-0.39, 0.29) is 30.0 Å². The lowest BCUT2D eigenvalue weighted by Crippen LogP contribution is -2.34. The Labute approximate surface area is 232 Å². The van der Waals surface area contributed by atoms with Crippen molar-refractivity contribution in [2.75, 3.05) is 0 Å². The van der Waals surface area contributed by atoms with Crippen molar-refractivity contribution in [3.8, 4) is 11.1 Å². The van der Waals surface area contributed by atoms with E-state index in [1.807, 2.05) is 39.4 Å². The Bertz CT molecular complexity index is 1630. The van der Waals surface area contributed by atoms with E-state index >= 15 is 0 Å². The first kappa shape index (κ1) is 26.1. The van der Waals surface area contributed by atoms with Gasteiger partial charge >= 0.3 is 0 Å². The molecule has 0 bridgehead atoms. The Morgan fingerprint density at radius 3 is 2.55 bits per heavy atom. The van der Waals surface area contributed by atoms with Gasteiger partial charge in [-0.15, -0.1) is 0 Å². The SMILES string of the molecule is CCCCc1c(Cc2ccc(-c3ccccc3)c(C3=NNC(=O)C3)c2)c(=O)n(C2CCC(O)CC2)c2ncnn12. The maximum Gasteiger partial charge on any atom is 0.259 e. The number of carbonyl (C=O) groups is 1. The number of carbonyl (C=O) groups excluding carboxylic acids is 1. The summed E-state index contributed by atoms with van der Waals surface area (Å²) >= 11 is 0. The van der Waals surface area contributed by atoms with Crippen molar-refractivity contribution in [2.24, 2.45) is 5.10 Å². The normalized spacial score (nSPS) is 19.1. The predicted molar refractivity (Wildman–Crippen MR) is 153 cm³/mol. The molecule has 1 aliphatic heterocycles. The molecule has 2 aromatic heterocycles. The first-order chi connectivity index (χ1) is 19.5. The van der Waals surface area contributed by atoms with Crippen molar-refractivity contribution in [1.82, 2.24) is 24.6 Å². The summed E-state index contributed by atoms with van der Waals surface area (Å²) in [5.74, 6) is 0.449. The summed E-state index contributed by atoms with van der Waals surface area (Å²) in [4.78, 5) is 30.8. The second-order valence-corrected chi connectivity index (χ2v) is 10.8. The van der Waals surface area contributed by atoms with E-state index in [4.69, 9.17) is 0 Å². The van der Waals surface area contributed by atoms with Crippen LogP contribution in [0.5, 0.6) is 0 Å². The van der Waals surface area contributed by atoms with E-state index in [1.165, 1.54) is 6.33 Å². The second kappa shape index (κ2) is 11.2. The Balaban J connectivity index is 1.47. The molecule has 2 aromatic carbocycles. The minimum absolute atomic E-state index is 0.0254. The van der Waals surface area contributed by atoms with Gasteiger partial charge in [-0.3, -0.25) is 14.2 Å². The van der Waals surface area contributed by atoms with Gasteiger partial charge in [-0.1, -0.05) is 55.8 Å². The third-order valence-electron chi connectivity index (χ3n) is 8.13. The van der Waals surface area contributed by atoms with Crippen molar-refractivity contribution in [3.05, 3.63) is 87.6 Å². The lowest BCUT2D eigenvalue weighted by molar-refractivity contribution is -0.119. The minimum Gasteiger partial charge on any atom is -0.393 e. The van der Waals surface area contributed by atoms with E-state index in [2.05, 4.69) is 45.7 Å². The number of nitrogens with zero attached hydrogens (tertiary/aromatic N) is 5. The molecule has 40 heavy (non-hydrogen) atoms. The van der Waals surface area contributed by atoms with E-state index in [0.717, 1.165) is 65.6 Å². The van der Waals surface area contributed by atoms with Crippen LogP contribution in [0.2, 0.25) is 0 Å². The zero-order valence-corrected chi connectivity index (χ0v) is 22.7. The van der Waals surface area contributed by atoms with Gasteiger partial charge in [-0.05, 0) is 61.3 Å². The largest absolute Gasteiger partial charge is 0.393 e. The van der Waals surface area contributed by atoms with Gasteiger partial charge in [0.05, 0.1) is 23.9 Å². The zero-order chi connectivity index (χ0) is 27.6. The molecule has 2 aliphatic rings. The lowest BCUT2D eigenvalue weighted by Gasteiger charge is -2.28. The summed E-state index contributed by atoms with van der Waals surface area (Å²) in [6.45, 7) is 2.14. The van der Waals surface area contributed by atoms with Gasteiger partial charge in [0.15, 0.2) is 0 Å². The molecule has 6 rings (SSSR count). The Morgan fingerprint density at radius 1 is 1.02 bits per heavy atom. The number of aliphatic hydroxyl groups excluding tert-OH is 1. The monoisotopic (exact) mass is 538 g/mol. The quantitative estimate of drug-likeness (QED) is 0.349. The van der Waals surface area contributed by atoms with E-state index < -0.39 is 0 Å². The van der Waals surface area contributed by atoms with Crippen LogP contribution in [-0.2, 0) is 17.6 Å². The Morgan fingerprint density at radius 2 is 1.82 bits per heavy atom. The summed E-state index contributed by atoms with van der Waals surface area (Å²) in [7, 11) is 0. The number of aromatic nitrogens is 4. The second-order valence-electron chi connectivity index (χ2n) is 10.8. The van der Waals surface area contributed by atoms with Gasteiger partial charge in [0, 0.05) is 23.6 Å². The molecule has 4 aromatic rings. The number of hydrogen-bond acceptors (Lipinski definition) is 6. The Hall–Kier alpha value is -4.11. The summed E-state index contributed by atoms with van der Waals surface area (Å²) in [6, 6.07) is 16.2. The molecular weight excluding hydrogens is 504 g/mol. The fraction of sp³-hybridized carbons (Fsp3) is 0.387. The fourth-order valence-corrected chi connectivity index (χ4v) is 6.03. The van der Waals surface area contributed by atoms with Gasteiger partial charge < -0.3 is 5.11 Å². The highest BCUT2D eigenvalue weighted by molar-refractivity contribution is 6.16. The van der Waals surface area contributed by atoms with Crippen molar-refractivity contribution < 1.29 is 9.90 Å². The zero-order valence-electron chi connectivity index (χ0n) is 22.7. The molecule has 0 atom stereocenters. The maximum atomic E-state index is 14.3. The number of aliphatic hydroxyl groups is 1. The highest BCUT2D eigenvalue weighted by Gasteiger charge is 2.27. The van der Waals surface area contributed by atoms with Gasteiger partial charge in [-0.25, -0.2) is 9.94 Å². The highest BCUT2D eigenvalue weighted by Crippen LogP contribution is 2.31. The lowest BCUT2D eigenvalue weighted by atomic mass is 9.91. The van der Waals surface area contributed by atoms with E-state index in [9.17, 15) is 14.7 Å². The molecule has 206 valence electrons. The molecule has 9 nitrogen and oxygen atoms in total. The van der Waals surface area contributed by atoms with Crippen molar-refractivity contribution >= 4 is 17.4 Å². The van der Waals surface area contributed by atoms with Crippen molar-refractivity contribution in [2.45, 2.75) is 76.9 Å². The number of amides is 1. The number of rotatable bonds is 8. The van der Waals surface area contributed by atoms with Crippen LogP contribution in [0.25, 0.3) is 16.9 Å². The molecule has 2 N–H and O–H groups in total. The van der Waals surface area contributed by atoms with Gasteiger partial charge in [-0.2, -0.15) is 15.2 Å². The van der Waals surface area contributed by atoms with Crippen molar-refractivity contribution in [1.29, 1.82) is 0 Å². The number of hydrogen-bond donors (Lipinski definition) is 2. The molecule has 1 amide bonds. The molecule has 0 radical (unpaired) electrons. The number of aryl methyl sites for hydroxylation is 1. The molecule has 0 unspecified atom stereocenters. The van der Waals surface area contributed by atoms with Gasteiger partial charge in [0.2, 0.25) is 11.7 Å². The van der Waals surface area contributed by atoms with Gasteiger partial charge in [0.25, 0.3) is 5.56 Å². The number of fused-ring (bicyclic) bond motifs is 1. The maximum absolute atomic E-state index is 14.3. The van der Waals surface area contributed by atoms with Crippen LogP contribution in [0, 0.1) is 0 Å². The summed E-state index contributed by atoms with van der Waals surface area (Å²) in [5.41, 5.74) is 8.76. The van der Waals surface area contributed by atoms with E-state index in [0.29, 0.717) is 30.8 Å². The molecule has 1 saturated carbocycles. The average Bonchev–Trinajstić information content (AvgIpc) is 3.63. The summed E-state index contributed by atoms with van der Waals surface area (Å²) in [6.07, 6.45) is 7.32. The predicted octanol–water partition coefficient (Wildman–Crippen LogP) is 4.19. The topological polar surface area (TPSA) is 114 Å².